The number of carbonyl (C=O) groups excluding carboxylic acids is 1. The van der Waals surface area contributed by atoms with Gasteiger partial charge in [0.1, 0.15) is 0 Å². The van der Waals surface area contributed by atoms with Crippen LogP contribution in [-0.2, 0) is 16.3 Å². The Kier molecular flexibility index (Phi) is 2.53. The molecule has 1 aromatic rings. The van der Waals surface area contributed by atoms with Crippen LogP contribution in [0.15, 0.2) is 23.1 Å². The first kappa shape index (κ1) is 11.2. The van der Waals surface area contributed by atoms with E-state index in [1.54, 1.807) is 0 Å². The van der Waals surface area contributed by atoms with Crippen LogP contribution >= 0.6 is 0 Å². The van der Waals surface area contributed by atoms with Crippen LogP contribution in [0.4, 0.5) is 8.78 Å². The summed E-state index contributed by atoms with van der Waals surface area (Å²) in [6.45, 7) is 0. The molecule has 1 aliphatic rings. The van der Waals surface area contributed by atoms with E-state index in [-0.39, 0.29) is 12.0 Å². The second-order valence-electron chi connectivity index (χ2n) is 3.55. The van der Waals surface area contributed by atoms with Crippen molar-refractivity contribution in [2.75, 3.05) is 6.01 Å². The lowest BCUT2D eigenvalue weighted by Crippen LogP contribution is -2.13. The largest absolute Gasteiger partial charge is 0.291 e. The van der Waals surface area contributed by atoms with Gasteiger partial charge < -0.3 is 0 Å². The average Bonchev–Trinajstić information content (AvgIpc) is 2.55. The highest BCUT2D eigenvalue weighted by Crippen LogP contribution is 2.30. The standard InChI is InChI=1S/C10H8F2O3S/c11-5-16(14,15)8-3-1-2-6-4-7(12)10(13)9(6)8/h1-3,7H,4-5H2. The van der Waals surface area contributed by atoms with Gasteiger partial charge in [0.15, 0.2) is 18.0 Å². The second-order valence-corrected chi connectivity index (χ2v) is 5.44. The number of fused-ring (bicyclic) bond motifs is 1. The molecule has 0 N–H and O–H groups in total. The van der Waals surface area contributed by atoms with Crippen molar-refractivity contribution in [2.24, 2.45) is 0 Å². The number of ketones is 1. The average molecular weight is 246 g/mol. The van der Waals surface area contributed by atoms with Crippen LogP contribution in [0.3, 0.4) is 0 Å². The van der Waals surface area contributed by atoms with Gasteiger partial charge in [-0.05, 0) is 11.6 Å². The van der Waals surface area contributed by atoms with Gasteiger partial charge in [-0.2, -0.15) is 0 Å². The number of alkyl halides is 2. The molecule has 0 heterocycles. The number of hydrogen-bond donors (Lipinski definition) is 0. The maximum Gasteiger partial charge on any atom is 0.208 e. The molecule has 3 nitrogen and oxygen atoms in total. The van der Waals surface area contributed by atoms with Crippen LogP contribution in [0.2, 0.25) is 0 Å². The SMILES string of the molecule is O=C1c2c(cccc2S(=O)(=O)CF)CC1F. The molecule has 0 amide bonds. The number of sulfone groups is 1. The van der Waals surface area contributed by atoms with E-state index in [4.69, 9.17) is 0 Å². The van der Waals surface area contributed by atoms with Gasteiger partial charge in [-0.25, -0.2) is 17.2 Å². The molecule has 0 saturated carbocycles. The van der Waals surface area contributed by atoms with Gasteiger partial charge in [0, 0.05) is 12.0 Å². The van der Waals surface area contributed by atoms with E-state index in [1.165, 1.54) is 12.1 Å². The fraction of sp³-hybridized carbons (Fsp3) is 0.300. The molecule has 1 atom stereocenters. The zero-order valence-electron chi connectivity index (χ0n) is 8.11. The van der Waals surface area contributed by atoms with E-state index in [2.05, 4.69) is 0 Å². The van der Waals surface area contributed by atoms with Crippen LogP contribution in [0.5, 0.6) is 0 Å². The van der Waals surface area contributed by atoms with Gasteiger partial charge in [-0.3, -0.25) is 4.79 Å². The van der Waals surface area contributed by atoms with Crippen molar-refractivity contribution in [2.45, 2.75) is 17.5 Å². The van der Waals surface area contributed by atoms with Gasteiger partial charge in [-0.1, -0.05) is 12.1 Å². The number of benzene rings is 1. The molecule has 6 heteroatoms. The molecule has 0 bridgehead atoms. The summed E-state index contributed by atoms with van der Waals surface area (Å²) in [4.78, 5) is 11.0. The summed E-state index contributed by atoms with van der Waals surface area (Å²) in [7, 11) is -4.13. The van der Waals surface area contributed by atoms with Crippen molar-refractivity contribution in [3.8, 4) is 0 Å². The van der Waals surface area contributed by atoms with Crippen LogP contribution in [0.1, 0.15) is 15.9 Å². The Balaban J connectivity index is 2.69. The summed E-state index contributed by atoms with van der Waals surface area (Å²) >= 11 is 0. The summed E-state index contributed by atoms with van der Waals surface area (Å²) in [6, 6.07) is 2.40. The molecular weight excluding hydrogens is 238 g/mol. The third-order valence-corrected chi connectivity index (χ3v) is 3.82. The molecular formula is C10H8F2O3S. The van der Waals surface area contributed by atoms with E-state index in [1.807, 2.05) is 0 Å². The molecule has 0 fully saturated rings. The van der Waals surface area contributed by atoms with E-state index in [9.17, 15) is 22.0 Å². The van der Waals surface area contributed by atoms with Crippen LogP contribution in [-0.4, -0.2) is 26.4 Å². The Labute approximate surface area is 91.0 Å². The minimum atomic E-state index is -4.13. The number of Topliss-reactive ketones (excluding diaryl/α,β-unsaturated/α-hetero) is 1. The normalized spacial score (nSPS) is 19.9. The molecule has 0 saturated heterocycles. The van der Waals surface area contributed by atoms with Crippen molar-refractivity contribution >= 4 is 15.6 Å². The summed E-state index contributed by atoms with van der Waals surface area (Å²) in [5.41, 5.74) is 0.139. The lowest BCUT2D eigenvalue weighted by Gasteiger charge is -2.05. The van der Waals surface area contributed by atoms with Gasteiger partial charge in [0.2, 0.25) is 9.84 Å². The predicted molar refractivity (Wildman–Crippen MR) is 52.5 cm³/mol. The molecule has 1 aromatic carbocycles. The van der Waals surface area contributed by atoms with Gasteiger partial charge in [-0.15, -0.1) is 0 Å². The Morgan fingerprint density at radius 2 is 2.06 bits per heavy atom. The molecule has 0 radical (unpaired) electrons. The minimum Gasteiger partial charge on any atom is -0.291 e. The van der Waals surface area contributed by atoms with Gasteiger partial charge >= 0.3 is 0 Å². The molecule has 1 aliphatic carbocycles. The monoisotopic (exact) mass is 246 g/mol. The summed E-state index contributed by atoms with van der Waals surface area (Å²) in [6.07, 6.45) is -1.85. The Morgan fingerprint density at radius 1 is 1.38 bits per heavy atom. The van der Waals surface area contributed by atoms with Crippen molar-refractivity contribution < 1.29 is 22.0 Å². The van der Waals surface area contributed by atoms with Crippen molar-refractivity contribution in [1.82, 2.24) is 0 Å². The zero-order valence-corrected chi connectivity index (χ0v) is 8.93. The number of hydrogen-bond acceptors (Lipinski definition) is 3. The maximum atomic E-state index is 13.1. The Hall–Kier alpha value is -1.30. The smallest absolute Gasteiger partial charge is 0.208 e. The first-order chi connectivity index (χ1) is 7.47. The van der Waals surface area contributed by atoms with Gasteiger partial charge in [0.25, 0.3) is 0 Å². The number of carbonyl (C=O) groups is 1. The van der Waals surface area contributed by atoms with E-state index in [0.29, 0.717) is 5.56 Å². The van der Waals surface area contributed by atoms with Crippen LogP contribution in [0.25, 0.3) is 0 Å². The zero-order chi connectivity index (χ0) is 11.9. The third-order valence-electron chi connectivity index (χ3n) is 2.52. The quantitative estimate of drug-likeness (QED) is 0.793. The second kappa shape index (κ2) is 3.62. The summed E-state index contributed by atoms with van der Waals surface area (Å²) in [5.74, 6) is -0.873. The molecule has 0 aliphatic heterocycles. The van der Waals surface area contributed by atoms with Gasteiger partial charge in [0.05, 0.1) is 4.90 Å². The van der Waals surface area contributed by atoms with E-state index in [0.717, 1.165) is 6.07 Å². The third kappa shape index (κ3) is 1.53. The van der Waals surface area contributed by atoms with Crippen LogP contribution in [0, 0.1) is 0 Å². The lowest BCUT2D eigenvalue weighted by atomic mass is 10.1. The predicted octanol–water partition coefficient (Wildman–Crippen LogP) is 1.46. The molecule has 86 valence electrons. The van der Waals surface area contributed by atoms with E-state index < -0.39 is 32.7 Å². The van der Waals surface area contributed by atoms with Crippen molar-refractivity contribution in [3.05, 3.63) is 29.3 Å². The summed E-state index contributed by atoms with van der Waals surface area (Å²) in [5, 5.41) is 0. The fourth-order valence-electron chi connectivity index (χ4n) is 1.79. The Bertz CT molecular complexity index is 551. The van der Waals surface area contributed by atoms with E-state index >= 15 is 0 Å². The Morgan fingerprint density at radius 3 is 2.69 bits per heavy atom. The molecule has 2 rings (SSSR count). The van der Waals surface area contributed by atoms with Crippen molar-refractivity contribution in [1.29, 1.82) is 0 Å². The molecule has 0 aromatic heterocycles. The highest BCUT2D eigenvalue weighted by Gasteiger charge is 2.35. The number of rotatable bonds is 2. The van der Waals surface area contributed by atoms with Crippen LogP contribution < -0.4 is 0 Å². The first-order valence-corrected chi connectivity index (χ1v) is 6.21. The maximum absolute atomic E-state index is 13.1. The highest BCUT2D eigenvalue weighted by atomic mass is 32.2. The summed E-state index contributed by atoms with van der Waals surface area (Å²) < 4.78 is 48.2. The topological polar surface area (TPSA) is 51.2 Å². The van der Waals surface area contributed by atoms with Crippen molar-refractivity contribution in [3.63, 3.8) is 0 Å². The fourth-order valence-corrected chi connectivity index (χ4v) is 2.73. The molecule has 0 spiro atoms. The first-order valence-electron chi connectivity index (χ1n) is 4.56. The molecule has 16 heavy (non-hydrogen) atoms. The minimum absolute atomic E-state index is 0.135. The highest BCUT2D eigenvalue weighted by molar-refractivity contribution is 7.91. The lowest BCUT2D eigenvalue weighted by molar-refractivity contribution is 0.0896. The number of halogens is 2. The molecule has 1 unspecified atom stereocenters.